The number of methoxy groups -OCH3 is 1. The Morgan fingerprint density at radius 2 is 1.87 bits per heavy atom. The van der Waals surface area contributed by atoms with Crippen molar-refractivity contribution >= 4 is 22.5 Å². The Labute approximate surface area is 224 Å². The van der Waals surface area contributed by atoms with Crippen molar-refractivity contribution < 1.29 is 33.0 Å². The second-order valence-corrected chi connectivity index (χ2v) is 10.0. The third kappa shape index (κ3) is 6.26. The van der Waals surface area contributed by atoms with Gasteiger partial charge in [0.1, 0.15) is 17.3 Å². The van der Waals surface area contributed by atoms with E-state index in [1.54, 1.807) is 24.9 Å². The van der Waals surface area contributed by atoms with Crippen molar-refractivity contribution in [3.8, 4) is 5.75 Å². The number of fused-ring (bicyclic) bond motifs is 1. The van der Waals surface area contributed by atoms with E-state index in [-0.39, 0.29) is 18.7 Å². The molecule has 2 aromatic carbocycles. The first kappa shape index (κ1) is 28.6. The third-order valence-electron chi connectivity index (χ3n) is 7.68. The topological polar surface area (TPSA) is 107 Å². The molecule has 0 bridgehead atoms. The molecule has 1 fully saturated rings. The molecule has 0 saturated carbocycles. The number of aliphatic hydroxyl groups is 1. The van der Waals surface area contributed by atoms with Crippen LogP contribution in [0.25, 0.3) is 10.9 Å². The lowest BCUT2D eigenvalue weighted by Crippen LogP contribution is -2.49. The molecule has 0 spiro atoms. The molecule has 11 heteroatoms. The van der Waals surface area contributed by atoms with Crippen LogP contribution in [0.1, 0.15) is 42.9 Å². The molecule has 1 saturated heterocycles. The number of hydroxylamine groups is 1. The number of rotatable bonds is 10. The number of anilines is 1. The molecule has 0 aliphatic carbocycles. The molecule has 1 aliphatic rings. The number of carbonyl (C=O) groups excluding carboxylic acids is 1. The largest absolute Gasteiger partial charge is 0.497 e. The number of amides is 1. The number of nitrogens with zero attached hydrogens (tertiary/aromatic N) is 2. The molecule has 210 valence electrons. The number of benzene rings is 2. The number of hydrogen-bond donors (Lipinski definition) is 4. The Bertz CT molecular complexity index is 1310. The van der Waals surface area contributed by atoms with Crippen molar-refractivity contribution in [2.75, 3.05) is 38.6 Å². The van der Waals surface area contributed by atoms with Gasteiger partial charge in [0.05, 0.1) is 24.1 Å². The second kappa shape index (κ2) is 12.2. The smallest absolute Gasteiger partial charge is 0.249 e. The minimum atomic E-state index is -1.00. The zero-order valence-corrected chi connectivity index (χ0v) is 21.9. The number of pyridine rings is 1. The molecule has 0 unspecified atom stereocenters. The van der Waals surface area contributed by atoms with E-state index in [2.05, 4.69) is 10.3 Å². The summed E-state index contributed by atoms with van der Waals surface area (Å²) < 4.78 is 46.2. The van der Waals surface area contributed by atoms with Gasteiger partial charge >= 0.3 is 0 Å². The number of hydrogen-bond acceptors (Lipinski definition) is 7. The van der Waals surface area contributed by atoms with Crippen LogP contribution in [0.2, 0.25) is 0 Å². The summed E-state index contributed by atoms with van der Waals surface area (Å²) in [7, 11) is 1.57. The van der Waals surface area contributed by atoms with E-state index in [1.165, 1.54) is 0 Å². The lowest BCUT2D eigenvalue weighted by atomic mass is 9.73. The monoisotopic (exact) mass is 546 g/mol. The fourth-order valence-electron chi connectivity index (χ4n) is 5.38. The van der Waals surface area contributed by atoms with E-state index in [0.29, 0.717) is 56.8 Å². The maximum Gasteiger partial charge on any atom is 0.249 e. The molecular weight excluding hydrogens is 513 g/mol. The molecule has 1 aromatic heterocycles. The van der Waals surface area contributed by atoms with Gasteiger partial charge in [0, 0.05) is 36.8 Å². The lowest BCUT2D eigenvalue weighted by molar-refractivity contribution is -0.143. The van der Waals surface area contributed by atoms with Gasteiger partial charge in [0.25, 0.3) is 0 Å². The Kier molecular flexibility index (Phi) is 8.94. The van der Waals surface area contributed by atoms with Crippen molar-refractivity contribution in [1.29, 1.82) is 0 Å². The Morgan fingerprint density at radius 3 is 2.51 bits per heavy atom. The van der Waals surface area contributed by atoms with E-state index < -0.39 is 34.9 Å². The third-order valence-corrected chi connectivity index (χ3v) is 7.68. The van der Waals surface area contributed by atoms with E-state index in [1.807, 2.05) is 24.0 Å². The zero-order chi connectivity index (χ0) is 28.2. The summed E-state index contributed by atoms with van der Waals surface area (Å²) in [6.45, 7) is 3.55. The highest BCUT2D eigenvalue weighted by molar-refractivity contribution is 5.85. The molecule has 8 nitrogen and oxygen atoms in total. The summed E-state index contributed by atoms with van der Waals surface area (Å²) in [6, 6.07) is 6.70. The van der Waals surface area contributed by atoms with Gasteiger partial charge in [0.2, 0.25) is 5.91 Å². The first-order valence-corrected chi connectivity index (χ1v) is 12.8. The van der Waals surface area contributed by atoms with Crippen LogP contribution >= 0.6 is 0 Å². The number of nitrogens with one attached hydrogen (secondary N) is 2. The number of aliphatic hydroxyl groups excluding tert-OH is 1. The predicted octanol–water partition coefficient (Wildman–Crippen LogP) is 4.48. The van der Waals surface area contributed by atoms with Gasteiger partial charge in [-0.25, -0.2) is 18.7 Å². The van der Waals surface area contributed by atoms with E-state index in [9.17, 15) is 28.3 Å². The van der Waals surface area contributed by atoms with E-state index in [4.69, 9.17) is 4.74 Å². The highest BCUT2D eigenvalue weighted by Gasteiger charge is 2.41. The first-order valence-electron chi connectivity index (χ1n) is 12.8. The minimum Gasteiger partial charge on any atom is -0.497 e. The molecule has 39 heavy (non-hydrogen) atoms. The van der Waals surface area contributed by atoms with Crippen LogP contribution < -0.4 is 15.5 Å². The lowest BCUT2D eigenvalue weighted by Gasteiger charge is -2.40. The van der Waals surface area contributed by atoms with Crippen LogP contribution in [-0.2, 0) is 4.79 Å². The van der Waals surface area contributed by atoms with Crippen LogP contribution in [-0.4, -0.2) is 59.4 Å². The van der Waals surface area contributed by atoms with Crippen molar-refractivity contribution in [3.05, 3.63) is 65.1 Å². The molecular formula is C28H33F3N4O4. The van der Waals surface area contributed by atoms with E-state index >= 15 is 0 Å². The van der Waals surface area contributed by atoms with Gasteiger partial charge in [-0.1, -0.05) is 0 Å². The molecule has 2 heterocycles. The van der Waals surface area contributed by atoms with Crippen molar-refractivity contribution in [3.63, 3.8) is 0 Å². The summed E-state index contributed by atoms with van der Waals surface area (Å²) >= 11 is 0. The molecule has 3 aromatic rings. The van der Waals surface area contributed by atoms with Gasteiger partial charge in [0.15, 0.2) is 11.6 Å². The summed E-state index contributed by atoms with van der Waals surface area (Å²) in [6.07, 6.45) is 2.32. The van der Waals surface area contributed by atoms with Gasteiger partial charge in [-0.3, -0.25) is 15.0 Å². The van der Waals surface area contributed by atoms with E-state index in [0.717, 1.165) is 22.0 Å². The number of likely N-dealkylation sites (tertiary alicyclic amines) is 1. The Morgan fingerprint density at radius 1 is 1.18 bits per heavy atom. The van der Waals surface area contributed by atoms with Gasteiger partial charge in [-0.05, 0) is 75.0 Å². The van der Waals surface area contributed by atoms with Crippen molar-refractivity contribution in [2.24, 2.45) is 5.41 Å². The fourth-order valence-corrected chi connectivity index (χ4v) is 5.38. The second-order valence-electron chi connectivity index (χ2n) is 10.0. The number of carbonyl (C=O) groups is 1. The van der Waals surface area contributed by atoms with Crippen molar-refractivity contribution in [2.45, 2.75) is 38.7 Å². The quantitative estimate of drug-likeness (QED) is 0.219. The number of halogens is 3. The first-order chi connectivity index (χ1) is 18.7. The number of aromatic nitrogens is 1. The van der Waals surface area contributed by atoms with Crippen molar-refractivity contribution in [1.82, 2.24) is 15.4 Å². The molecule has 1 atom stereocenters. The molecule has 0 radical (unpaired) electrons. The highest BCUT2D eigenvalue weighted by atomic mass is 19.1. The molecule has 1 aliphatic heterocycles. The van der Waals surface area contributed by atoms with Crippen LogP contribution in [0, 0.1) is 29.8 Å². The Balaban J connectivity index is 1.40. The highest BCUT2D eigenvalue weighted by Crippen LogP contribution is 2.40. The number of ether oxygens (including phenoxy) is 1. The number of piperidine rings is 1. The predicted molar refractivity (Wildman–Crippen MR) is 140 cm³/mol. The van der Waals surface area contributed by atoms with Gasteiger partial charge < -0.3 is 20.1 Å². The zero-order valence-electron chi connectivity index (χ0n) is 21.9. The summed E-state index contributed by atoms with van der Waals surface area (Å²) in [5.41, 5.74) is 2.80. The average Bonchev–Trinajstić information content (AvgIpc) is 2.93. The van der Waals surface area contributed by atoms with Crippen LogP contribution in [0.4, 0.5) is 18.9 Å². The van der Waals surface area contributed by atoms with Gasteiger partial charge in [-0.15, -0.1) is 0 Å². The normalized spacial score (nSPS) is 16.2. The minimum absolute atomic E-state index is 0.217. The fraction of sp³-hybridized carbons (Fsp3) is 0.429. The van der Waals surface area contributed by atoms with Crippen LogP contribution in [0.3, 0.4) is 0 Å². The Hall–Kier alpha value is -3.41. The molecule has 1 amide bonds. The average molecular weight is 547 g/mol. The maximum absolute atomic E-state index is 13.9. The van der Waals surface area contributed by atoms with Crippen LogP contribution in [0.15, 0.2) is 36.5 Å². The maximum atomic E-state index is 13.9. The standard InChI is InChI=1S/C28H33F3N4O4/c1-17-16-33-23-4-3-19(39-2)15-20(23)25(17)24(36)5-6-28(27(37)34-38)7-10-35(11-8-28)12-9-32-26-21(30)13-18(29)14-22(26)31/h3-4,13-16,24,32,36,38H,5-12H2,1-2H3,(H,34,37)/t24-/m1/s1. The molecule has 4 N–H and O–H groups in total. The van der Waals surface area contributed by atoms with Crippen LogP contribution in [0.5, 0.6) is 5.75 Å². The number of aryl methyl sites for hydroxylation is 1. The SMILES string of the molecule is COc1ccc2ncc(C)c([C@H](O)CCC3(C(=O)NO)CCN(CCNc4c(F)cc(F)cc4F)CC3)c2c1. The summed E-state index contributed by atoms with van der Waals surface area (Å²) in [5, 5.41) is 24.2. The summed E-state index contributed by atoms with van der Waals surface area (Å²) in [5.74, 6) is -2.84. The summed E-state index contributed by atoms with van der Waals surface area (Å²) in [4.78, 5) is 19.3. The van der Waals surface area contributed by atoms with Gasteiger partial charge in [-0.2, -0.15) is 0 Å². The molecule has 4 rings (SSSR count).